The third-order valence-corrected chi connectivity index (χ3v) is 5.63. The number of aromatic nitrogens is 2. The van der Waals surface area contributed by atoms with E-state index < -0.39 is 10.0 Å². The molecule has 1 aromatic rings. The lowest BCUT2D eigenvalue weighted by atomic mass is 10.0. The second-order valence-corrected chi connectivity index (χ2v) is 7.37. The molecule has 0 unspecified atom stereocenters. The average Bonchev–Trinajstić information content (AvgIpc) is 2.92. The molecule has 0 bridgehead atoms. The standard InChI is InChI=1S/C12H21N3O3S/c1-12(2)5-3-7-15(12)19(17,18)11-9-13-14(10-11)6-4-8-16/h9-10,16H,3-8H2,1-2H3. The largest absolute Gasteiger partial charge is 0.396 e. The summed E-state index contributed by atoms with van der Waals surface area (Å²) in [5.74, 6) is 0. The summed E-state index contributed by atoms with van der Waals surface area (Å²) in [5.41, 5.74) is -0.327. The predicted molar refractivity (Wildman–Crippen MR) is 71.1 cm³/mol. The molecule has 19 heavy (non-hydrogen) atoms. The van der Waals surface area contributed by atoms with Crippen LogP contribution in [0.25, 0.3) is 0 Å². The maximum Gasteiger partial charge on any atom is 0.246 e. The van der Waals surface area contributed by atoms with Crippen LogP contribution in [0, 0.1) is 0 Å². The van der Waals surface area contributed by atoms with Gasteiger partial charge in [0.15, 0.2) is 0 Å². The first-order valence-corrected chi connectivity index (χ1v) is 7.98. The maximum atomic E-state index is 12.6. The number of sulfonamides is 1. The molecule has 0 aliphatic carbocycles. The zero-order valence-electron chi connectivity index (χ0n) is 11.4. The van der Waals surface area contributed by atoms with Crippen LogP contribution in [-0.2, 0) is 16.6 Å². The third-order valence-electron chi connectivity index (χ3n) is 3.57. The van der Waals surface area contributed by atoms with Crippen molar-refractivity contribution in [2.45, 2.75) is 50.1 Å². The van der Waals surface area contributed by atoms with Gasteiger partial charge in [-0.15, -0.1) is 0 Å². The fourth-order valence-electron chi connectivity index (χ4n) is 2.49. The number of hydrogen-bond donors (Lipinski definition) is 1. The topological polar surface area (TPSA) is 75.4 Å². The van der Waals surface area contributed by atoms with E-state index in [-0.39, 0.29) is 17.0 Å². The highest BCUT2D eigenvalue weighted by Crippen LogP contribution is 2.33. The van der Waals surface area contributed by atoms with Gasteiger partial charge in [0.25, 0.3) is 0 Å². The number of hydrogen-bond acceptors (Lipinski definition) is 4. The van der Waals surface area contributed by atoms with Gasteiger partial charge < -0.3 is 5.11 Å². The molecule has 1 aromatic heterocycles. The first-order chi connectivity index (χ1) is 8.88. The van der Waals surface area contributed by atoms with Crippen LogP contribution < -0.4 is 0 Å². The molecule has 2 rings (SSSR count). The van der Waals surface area contributed by atoms with Crippen LogP contribution in [0.15, 0.2) is 17.3 Å². The van der Waals surface area contributed by atoms with Gasteiger partial charge in [-0.05, 0) is 33.1 Å². The second-order valence-electron chi connectivity index (χ2n) is 5.51. The monoisotopic (exact) mass is 287 g/mol. The quantitative estimate of drug-likeness (QED) is 0.870. The van der Waals surface area contributed by atoms with Crippen LogP contribution in [0.3, 0.4) is 0 Å². The molecule has 1 saturated heterocycles. The van der Waals surface area contributed by atoms with Crippen LogP contribution in [0.2, 0.25) is 0 Å². The van der Waals surface area contributed by atoms with Gasteiger partial charge in [-0.1, -0.05) is 0 Å². The molecule has 0 radical (unpaired) electrons. The van der Waals surface area contributed by atoms with Gasteiger partial charge in [-0.3, -0.25) is 4.68 Å². The molecule has 0 atom stereocenters. The van der Waals surface area contributed by atoms with Crippen LogP contribution >= 0.6 is 0 Å². The van der Waals surface area contributed by atoms with E-state index in [4.69, 9.17) is 5.11 Å². The molecule has 0 amide bonds. The van der Waals surface area contributed by atoms with E-state index in [0.717, 1.165) is 12.8 Å². The molecule has 1 aliphatic heterocycles. The first-order valence-electron chi connectivity index (χ1n) is 6.54. The van der Waals surface area contributed by atoms with Crippen LogP contribution in [-0.4, -0.2) is 46.3 Å². The summed E-state index contributed by atoms with van der Waals surface area (Å²) < 4.78 is 28.2. The fraction of sp³-hybridized carbons (Fsp3) is 0.750. The van der Waals surface area contributed by atoms with Gasteiger partial charge in [0.2, 0.25) is 10.0 Å². The van der Waals surface area contributed by atoms with Gasteiger partial charge in [-0.25, -0.2) is 8.42 Å². The molecule has 0 saturated carbocycles. The second kappa shape index (κ2) is 5.22. The summed E-state index contributed by atoms with van der Waals surface area (Å²) in [7, 11) is -3.46. The highest BCUT2D eigenvalue weighted by molar-refractivity contribution is 7.89. The van der Waals surface area contributed by atoms with Crippen molar-refractivity contribution in [3.63, 3.8) is 0 Å². The van der Waals surface area contributed by atoms with E-state index in [0.29, 0.717) is 19.5 Å². The first kappa shape index (κ1) is 14.5. The Morgan fingerprint density at radius 1 is 1.47 bits per heavy atom. The minimum absolute atomic E-state index is 0.0705. The molecule has 0 aromatic carbocycles. The van der Waals surface area contributed by atoms with Gasteiger partial charge in [-0.2, -0.15) is 9.40 Å². The molecule has 0 spiro atoms. The molecular formula is C12H21N3O3S. The van der Waals surface area contributed by atoms with E-state index in [1.54, 1.807) is 15.2 Å². The van der Waals surface area contributed by atoms with Crippen molar-refractivity contribution in [2.75, 3.05) is 13.2 Å². The van der Waals surface area contributed by atoms with Crippen molar-refractivity contribution in [1.29, 1.82) is 0 Å². The number of aliphatic hydroxyl groups excluding tert-OH is 1. The van der Waals surface area contributed by atoms with Crippen molar-refractivity contribution in [3.05, 3.63) is 12.4 Å². The van der Waals surface area contributed by atoms with Gasteiger partial charge in [0.05, 0.1) is 6.20 Å². The molecule has 2 heterocycles. The van der Waals surface area contributed by atoms with E-state index in [2.05, 4.69) is 5.10 Å². The Balaban J connectivity index is 2.22. The minimum Gasteiger partial charge on any atom is -0.396 e. The van der Waals surface area contributed by atoms with Crippen molar-refractivity contribution in [3.8, 4) is 0 Å². The Morgan fingerprint density at radius 3 is 2.79 bits per heavy atom. The van der Waals surface area contributed by atoms with Crippen molar-refractivity contribution < 1.29 is 13.5 Å². The van der Waals surface area contributed by atoms with Crippen molar-refractivity contribution >= 4 is 10.0 Å². The Labute approximate surface area is 114 Å². The van der Waals surface area contributed by atoms with Crippen LogP contribution in [0.1, 0.15) is 33.1 Å². The number of rotatable bonds is 5. The third kappa shape index (κ3) is 2.82. The van der Waals surface area contributed by atoms with Gasteiger partial charge in [0.1, 0.15) is 4.90 Å². The summed E-state index contributed by atoms with van der Waals surface area (Å²) >= 11 is 0. The normalized spacial score (nSPS) is 19.9. The van der Waals surface area contributed by atoms with Crippen LogP contribution in [0.4, 0.5) is 0 Å². The van der Waals surface area contributed by atoms with E-state index in [1.807, 2.05) is 13.8 Å². The van der Waals surface area contributed by atoms with Gasteiger partial charge in [0, 0.05) is 31.4 Å². The Hall–Kier alpha value is -0.920. The summed E-state index contributed by atoms with van der Waals surface area (Å²) in [6.45, 7) is 5.06. The lowest BCUT2D eigenvalue weighted by Gasteiger charge is -2.29. The zero-order valence-corrected chi connectivity index (χ0v) is 12.2. The molecule has 1 aliphatic rings. The Bertz CT molecular complexity index is 536. The van der Waals surface area contributed by atoms with E-state index in [1.165, 1.54) is 6.20 Å². The highest BCUT2D eigenvalue weighted by Gasteiger charge is 2.41. The Morgan fingerprint density at radius 2 is 2.21 bits per heavy atom. The maximum absolute atomic E-state index is 12.6. The lowest BCUT2D eigenvalue weighted by molar-refractivity contribution is 0.277. The smallest absolute Gasteiger partial charge is 0.246 e. The summed E-state index contributed by atoms with van der Waals surface area (Å²) in [6.07, 6.45) is 5.27. The molecule has 7 heteroatoms. The summed E-state index contributed by atoms with van der Waals surface area (Å²) in [4.78, 5) is 0.236. The number of aliphatic hydroxyl groups is 1. The SMILES string of the molecule is CC1(C)CCCN1S(=O)(=O)c1cnn(CCCO)c1. The number of aryl methyl sites for hydroxylation is 1. The summed E-state index contributed by atoms with van der Waals surface area (Å²) in [5, 5.41) is 12.8. The molecule has 108 valence electrons. The Kier molecular flexibility index (Phi) is 3.98. The van der Waals surface area contributed by atoms with Crippen LogP contribution in [0.5, 0.6) is 0 Å². The minimum atomic E-state index is -3.46. The van der Waals surface area contributed by atoms with Crippen molar-refractivity contribution in [1.82, 2.24) is 14.1 Å². The fourth-order valence-corrected chi connectivity index (χ4v) is 4.29. The summed E-state index contributed by atoms with van der Waals surface area (Å²) in [6, 6.07) is 0. The molecule has 1 fully saturated rings. The molecule has 6 nitrogen and oxygen atoms in total. The van der Waals surface area contributed by atoms with E-state index >= 15 is 0 Å². The predicted octanol–water partition coefficient (Wildman–Crippen LogP) is 0.829. The zero-order chi connectivity index (χ0) is 14.1. The lowest BCUT2D eigenvalue weighted by Crippen LogP contribution is -2.42. The van der Waals surface area contributed by atoms with Crippen molar-refractivity contribution in [2.24, 2.45) is 0 Å². The highest BCUT2D eigenvalue weighted by atomic mass is 32.2. The molecular weight excluding hydrogens is 266 g/mol. The molecule has 1 N–H and O–H groups in total. The average molecular weight is 287 g/mol. The van der Waals surface area contributed by atoms with E-state index in [9.17, 15) is 8.42 Å². The van der Waals surface area contributed by atoms with Gasteiger partial charge >= 0.3 is 0 Å². The number of nitrogens with zero attached hydrogens (tertiary/aromatic N) is 3.